The van der Waals surface area contributed by atoms with Gasteiger partial charge >= 0.3 is 0 Å². The molecule has 0 aromatic rings. The summed E-state index contributed by atoms with van der Waals surface area (Å²) < 4.78 is 0. The average Bonchev–Trinajstić information content (AvgIpc) is 2.81. The lowest BCUT2D eigenvalue weighted by molar-refractivity contribution is 0.331. The van der Waals surface area contributed by atoms with Crippen LogP contribution in [0.4, 0.5) is 0 Å². The third-order valence-corrected chi connectivity index (χ3v) is 4.70. The Morgan fingerprint density at radius 2 is 1.63 bits per heavy atom. The Balaban J connectivity index is 2.04. The van der Waals surface area contributed by atoms with Gasteiger partial charge in [0.25, 0.3) is 0 Å². The van der Waals surface area contributed by atoms with Crippen molar-refractivity contribution in [2.75, 3.05) is 13.1 Å². The second-order valence-corrected chi connectivity index (χ2v) is 7.06. The molecular weight excluding hydrogens is 230 g/mol. The third-order valence-electron chi connectivity index (χ3n) is 4.70. The molecule has 1 aliphatic rings. The van der Waals surface area contributed by atoms with Gasteiger partial charge in [-0.15, -0.1) is 0 Å². The van der Waals surface area contributed by atoms with Crippen molar-refractivity contribution in [2.45, 2.75) is 85.0 Å². The molecule has 114 valence electrons. The molecule has 1 fully saturated rings. The van der Waals surface area contributed by atoms with Gasteiger partial charge in [0.2, 0.25) is 0 Å². The molecule has 1 nitrogen and oxygen atoms in total. The van der Waals surface area contributed by atoms with Crippen molar-refractivity contribution < 1.29 is 0 Å². The lowest BCUT2D eigenvalue weighted by atomic mass is 9.90. The molecule has 0 bridgehead atoms. The standard InChI is InChI=1S/C18H37N/c1-4-5-6-7-8-9-11-17-12-10-13-18(17)15-19-14-16(2)3/h16-19H,4-15H2,1-3H3. The zero-order valence-corrected chi connectivity index (χ0v) is 13.7. The Morgan fingerprint density at radius 1 is 0.947 bits per heavy atom. The zero-order chi connectivity index (χ0) is 13.9. The summed E-state index contributed by atoms with van der Waals surface area (Å²) in [7, 11) is 0. The molecule has 0 saturated heterocycles. The van der Waals surface area contributed by atoms with E-state index in [9.17, 15) is 0 Å². The normalized spacial score (nSPS) is 23.4. The second kappa shape index (κ2) is 10.7. The molecule has 0 radical (unpaired) electrons. The van der Waals surface area contributed by atoms with E-state index in [2.05, 4.69) is 26.1 Å². The predicted octanol–water partition coefficient (Wildman–Crippen LogP) is 5.40. The number of unbranched alkanes of at least 4 members (excludes halogenated alkanes) is 5. The van der Waals surface area contributed by atoms with E-state index in [0.717, 1.165) is 17.8 Å². The molecule has 2 unspecified atom stereocenters. The fraction of sp³-hybridized carbons (Fsp3) is 1.00. The maximum Gasteiger partial charge on any atom is -0.00178 e. The Kier molecular flexibility index (Phi) is 9.59. The van der Waals surface area contributed by atoms with Crippen molar-refractivity contribution >= 4 is 0 Å². The summed E-state index contributed by atoms with van der Waals surface area (Å²) >= 11 is 0. The van der Waals surface area contributed by atoms with Crippen molar-refractivity contribution in [2.24, 2.45) is 17.8 Å². The smallest absolute Gasteiger partial charge is 0.00178 e. The van der Waals surface area contributed by atoms with Crippen LogP contribution >= 0.6 is 0 Å². The summed E-state index contributed by atoms with van der Waals surface area (Å²) in [6.45, 7) is 9.37. The van der Waals surface area contributed by atoms with Gasteiger partial charge in [-0.1, -0.05) is 78.6 Å². The van der Waals surface area contributed by atoms with Crippen molar-refractivity contribution in [3.63, 3.8) is 0 Å². The Labute approximate surface area is 121 Å². The van der Waals surface area contributed by atoms with Gasteiger partial charge in [0.05, 0.1) is 0 Å². The highest BCUT2D eigenvalue weighted by Crippen LogP contribution is 2.35. The Bertz CT molecular complexity index is 200. The first-order chi connectivity index (χ1) is 9.24. The number of hydrogen-bond donors (Lipinski definition) is 1. The number of rotatable bonds is 11. The van der Waals surface area contributed by atoms with E-state index in [-0.39, 0.29) is 0 Å². The third kappa shape index (κ3) is 7.97. The molecule has 0 amide bonds. The SMILES string of the molecule is CCCCCCCCC1CCCC1CNCC(C)C. The van der Waals surface area contributed by atoms with E-state index < -0.39 is 0 Å². The summed E-state index contributed by atoms with van der Waals surface area (Å²) in [6, 6.07) is 0. The van der Waals surface area contributed by atoms with E-state index in [0.29, 0.717) is 0 Å². The summed E-state index contributed by atoms with van der Waals surface area (Å²) in [5, 5.41) is 3.68. The highest BCUT2D eigenvalue weighted by molar-refractivity contribution is 4.79. The molecule has 1 heteroatoms. The predicted molar refractivity (Wildman–Crippen MR) is 86.5 cm³/mol. The van der Waals surface area contributed by atoms with Gasteiger partial charge < -0.3 is 5.32 Å². The molecule has 1 aliphatic carbocycles. The second-order valence-electron chi connectivity index (χ2n) is 7.06. The maximum atomic E-state index is 3.68. The van der Waals surface area contributed by atoms with E-state index in [4.69, 9.17) is 0 Å². The van der Waals surface area contributed by atoms with E-state index in [1.807, 2.05) is 0 Å². The van der Waals surface area contributed by atoms with Gasteiger partial charge in [-0.25, -0.2) is 0 Å². The van der Waals surface area contributed by atoms with Crippen molar-refractivity contribution in [3.05, 3.63) is 0 Å². The summed E-state index contributed by atoms with van der Waals surface area (Å²) in [4.78, 5) is 0. The van der Waals surface area contributed by atoms with Crippen molar-refractivity contribution in [1.29, 1.82) is 0 Å². The maximum absolute atomic E-state index is 3.68. The van der Waals surface area contributed by atoms with Gasteiger partial charge in [-0.2, -0.15) is 0 Å². The molecule has 0 aliphatic heterocycles. The zero-order valence-electron chi connectivity index (χ0n) is 13.7. The lowest BCUT2D eigenvalue weighted by Gasteiger charge is -2.20. The summed E-state index contributed by atoms with van der Waals surface area (Å²) in [5.41, 5.74) is 0. The van der Waals surface area contributed by atoms with E-state index in [1.165, 1.54) is 77.3 Å². The fourth-order valence-corrected chi connectivity index (χ4v) is 3.51. The van der Waals surface area contributed by atoms with Crippen LogP contribution in [0.15, 0.2) is 0 Å². The van der Waals surface area contributed by atoms with Crippen LogP contribution in [0.25, 0.3) is 0 Å². The molecule has 1 rings (SSSR count). The monoisotopic (exact) mass is 267 g/mol. The highest BCUT2D eigenvalue weighted by atomic mass is 14.9. The molecule has 0 aromatic carbocycles. The first-order valence-electron chi connectivity index (χ1n) is 8.94. The highest BCUT2D eigenvalue weighted by Gasteiger charge is 2.26. The van der Waals surface area contributed by atoms with Crippen molar-refractivity contribution in [3.8, 4) is 0 Å². The quantitative estimate of drug-likeness (QED) is 0.494. The van der Waals surface area contributed by atoms with Crippen molar-refractivity contribution in [1.82, 2.24) is 5.32 Å². The van der Waals surface area contributed by atoms with Crippen LogP contribution in [-0.2, 0) is 0 Å². The van der Waals surface area contributed by atoms with Gasteiger partial charge in [0, 0.05) is 0 Å². The van der Waals surface area contributed by atoms with E-state index >= 15 is 0 Å². The molecule has 0 heterocycles. The summed E-state index contributed by atoms with van der Waals surface area (Å²) in [6.07, 6.45) is 14.6. The molecular formula is C18H37N. The van der Waals surface area contributed by atoms with E-state index in [1.54, 1.807) is 0 Å². The van der Waals surface area contributed by atoms with Crippen LogP contribution in [0.2, 0.25) is 0 Å². The minimum atomic E-state index is 0.790. The minimum Gasteiger partial charge on any atom is -0.316 e. The van der Waals surface area contributed by atoms with Crippen LogP contribution < -0.4 is 5.32 Å². The summed E-state index contributed by atoms with van der Waals surface area (Å²) in [5.74, 6) is 2.80. The molecule has 19 heavy (non-hydrogen) atoms. The molecule has 0 spiro atoms. The Hall–Kier alpha value is -0.0400. The Morgan fingerprint density at radius 3 is 2.37 bits per heavy atom. The topological polar surface area (TPSA) is 12.0 Å². The van der Waals surface area contributed by atoms with Crippen LogP contribution in [0.1, 0.15) is 85.0 Å². The lowest BCUT2D eigenvalue weighted by Crippen LogP contribution is -2.28. The molecule has 2 atom stereocenters. The average molecular weight is 268 g/mol. The fourth-order valence-electron chi connectivity index (χ4n) is 3.51. The van der Waals surface area contributed by atoms with Gasteiger partial charge in [0.15, 0.2) is 0 Å². The largest absolute Gasteiger partial charge is 0.316 e. The van der Waals surface area contributed by atoms with Gasteiger partial charge in [-0.3, -0.25) is 0 Å². The molecule has 1 saturated carbocycles. The number of hydrogen-bond acceptors (Lipinski definition) is 1. The molecule has 1 N–H and O–H groups in total. The van der Waals surface area contributed by atoms with Crippen LogP contribution in [0.3, 0.4) is 0 Å². The van der Waals surface area contributed by atoms with Crippen LogP contribution in [0.5, 0.6) is 0 Å². The van der Waals surface area contributed by atoms with Gasteiger partial charge in [0.1, 0.15) is 0 Å². The minimum absolute atomic E-state index is 0.790. The number of nitrogens with one attached hydrogen (secondary N) is 1. The van der Waals surface area contributed by atoms with Gasteiger partial charge in [-0.05, 0) is 37.3 Å². The van der Waals surface area contributed by atoms with Crippen LogP contribution in [0, 0.1) is 17.8 Å². The first-order valence-corrected chi connectivity index (χ1v) is 8.94. The molecule has 0 aromatic heterocycles. The first kappa shape index (κ1) is 17.0. The van der Waals surface area contributed by atoms with Crippen LogP contribution in [-0.4, -0.2) is 13.1 Å².